The van der Waals surface area contributed by atoms with Crippen molar-refractivity contribution in [3.8, 4) is 6.07 Å². The number of amides is 2. The van der Waals surface area contributed by atoms with Gasteiger partial charge >= 0.3 is 12.0 Å². The molecule has 0 saturated carbocycles. The molecule has 0 aromatic heterocycles. The van der Waals surface area contributed by atoms with Gasteiger partial charge in [0.1, 0.15) is 0 Å². The third-order valence-corrected chi connectivity index (χ3v) is 1.98. The van der Waals surface area contributed by atoms with Gasteiger partial charge in [-0.2, -0.15) is 5.26 Å². The molecule has 0 saturated heterocycles. The van der Waals surface area contributed by atoms with Crippen molar-refractivity contribution in [2.75, 3.05) is 19.6 Å². The number of hydrogen-bond donors (Lipinski definition) is 2. The zero-order valence-corrected chi connectivity index (χ0v) is 10.3. The van der Waals surface area contributed by atoms with Crippen LogP contribution in [0.15, 0.2) is 0 Å². The fourth-order valence-corrected chi connectivity index (χ4v) is 1.29. The first kappa shape index (κ1) is 15.2. The number of urea groups is 1. The van der Waals surface area contributed by atoms with Gasteiger partial charge < -0.3 is 15.3 Å². The Labute approximate surface area is 101 Å². The number of carboxylic acid groups (broad SMARTS) is 1. The summed E-state index contributed by atoms with van der Waals surface area (Å²) in [6.45, 7) is 4.98. The van der Waals surface area contributed by atoms with Crippen LogP contribution in [-0.2, 0) is 4.79 Å². The highest BCUT2D eigenvalue weighted by atomic mass is 16.4. The Bertz CT molecular complexity index is 297. The van der Waals surface area contributed by atoms with Crippen molar-refractivity contribution in [1.82, 2.24) is 10.2 Å². The molecule has 0 atom stereocenters. The number of carboxylic acids is 1. The second-order valence-corrected chi connectivity index (χ2v) is 4.12. The first-order valence-corrected chi connectivity index (χ1v) is 5.59. The Hall–Kier alpha value is -1.77. The van der Waals surface area contributed by atoms with Gasteiger partial charge in [0.15, 0.2) is 0 Å². The molecule has 2 N–H and O–H groups in total. The molecule has 96 valence electrons. The van der Waals surface area contributed by atoms with E-state index in [1.54, 1.807) is 0 Å². The predicted octanol–water partition coefficient (Wildman–Crippen LogP) is 1.04. The first-order valence-electron chi connectivity index (χ1n) is 5.59. The van der Waals surface area contributed by atoms with Crippen LogP contribution in [0.2, 0.25) is 0 Å². The summed E-state index contributed by atoms with van der Waals surface area (Å²) in [7, 11) is 0. The number of hydrogen-bond acceptors (Lipinski definition) is 3. The number of aliphatic carboxylic acids is 1. The van der Waals surface area contributed by atoms with Crippen molar-refractivity contribution in [1.29, 1.82) is 5.26 Å². The third kappa shape index (κ3) is 8.08. The lowest BCUT2D eigenvalue weighted by Crippen LogP contribution is -2.43. The van der Waals surface area contributed by atoms with Gasteiger partial charge in [-0.1, -0.05) is 13.8 Å². The van der Waals surface area contributed by atoms with Crippen molar-refractivity contribution >= 4 is 12.0 Å². The molecule has 0 aromatic carbocycles. The second-order valence-electron chi connectivity index (χ2n) is 4.12. The molecule has 0 aliphatic carbocycles. The fraction of sp³-hybridized carbons (Fsp3) is 0.727. The van der Waals surface area contributed by atoms with E-state index in [0.29, 0.717) is 19.0 Å². The zero-order valence-electron chi connectivity index (χ0n) is 10.3. The Morgan fingerprint density at radius 2 is 2.12 bits per heavy atom. The van der Waals surface area contributed by atoms with E-state index in [-0.39, 0.29) is 25.4 Å². The average molecular weight is 241 g/mol. The molecule has 0 heterocycles. The molecule has 0 aliphatic heterocycles. The Morgan fingerprint density at radius 3 is 2.59 bits per heavy atom. The molecule has 6 nitrogen and oxygen atoms in total. The summed E-state index contributed by atoms with van der Waals surface area (Å²) in [5.74, 6) is -0.642. The van der Waals surface area contributed by atoms with Crippen LogP contribution in [-0.4, -0.2) is 41.6 Å². The maximum atomic E-state index is 11.7. The van der Waals surface area contributed by atoms with Gasteiger partial charge in [-0.3, -0.25) is 4.79 Å². The summed E-state index contributed by atoms with van der Waals surface area (Å²) < 4.78 is 0. The van der Waals surface area contributed by atoms with Crippen LogP contribution in [0.25, 0.3) is 0 Å². The van der Waals surface area contributed by atoms with Crippen LogP contribution in [0.5, 0.6) is 0 Å². The molecule has 6 heteroatoms. The van der Waals surface area contributed by atoms with Crippen molar-refractivity contribution in [2.45, 2.75) is 26.7 Å². The first-order chi connectivity index (χ1) is 7.97. The summed E-state index contributed by atoms with van der Waals surface area (Å²) in [5.41, 5.74) is 0. The van der Waals surface area contributed by atoms with Gasteiger partial charge in [0.05, 0.1) is 18.9 Å². The van der Waals surface area contributed by atoms with E-state index in [1.165, 1.54) is 4.90 Å². The number of rotatable bonds is 7. The van der Waals surface area contributed by atoms with Gasteiger partial charge in [-0.25, -0.2) is 4.79 Å². The number of carbonyl (C=O) groups excluding carboxylic acids is 1. The van der Waals surface area contributed by atoms with E-state index in [2.05, 4.69) is 5.32 Å². The van der Waals surface area contributed by atoms with E-state index in [1.807, 2.05) is 19.9 Å². The minimum Gasteiger partial charge on any atom is -0.481 e. The summed E-state index contributed by atoms with van der Waals surface area (Å²) in [6, 6.07) is 1.67. The monoisotopic (exact) mass is 241 g/mol. The predicted molar refractivity (Wildman–Crippen MR) is 62.3 cm³/mol. The lowest BCUT2D eigenvalue weighted by atomic mass is 10.2. The highest BCUT2D eigenvalue weighted by Gasteiger charge is 2.14. The van der Waals surface area contributed by atoms with Crippen molar-refractivity contribution in [3.05, 3.63) is 0 Å². The van der Waals surface area contributed by atoms with Crippen LogP contribution in [0.3, 0.4) is 0 Å². The average Bonchev–Trinajstić information content (AvgIpc) is 2.22. The molecule has 0 spiro atoms. The largest absolute Gasteiger partial charge is 0.481 e. The molecule has 0 unspecified atom stereocenters. The topological polar surface area (TPSA) is 93.4 Å². The molecule has 0 aromatic rings. The van der Waals surface area contributed by atoms with Gasteiger partial charge in [0, 0.05) is 19.6 Å². The molecule has 0 rings (SSSR count). The number of nitrogens with zero attached hydrogens (tertiary/aromatic N) is 2. The number of nitriles is 1. The maximum absolute atomic E-state index is 11.7. The quantitative estimate of drug-likeness (QED) is 0.696. The molecule has 17 heavy (non-hydrogen) atoms. The number of carbonyl (C=O) groups is 2. The van der Waals surface area contributed by atoms with E-state index in [9.17, 15) is 9.59 Å². The standard InChI is InChI=1S/C11H19N3O3/c1-9(2)8-14(7-3-5-12)11(17)13-6-4-10(15)16/h9H,3-4,6-8H2,1-2H3,(H,13,17)(H,15,16). The van der Waals surface area contributed by atoms with E-state index in [0.717, 1.165) is 0 Å². The second kappa shape index (κ2) is 8.39. The summed E-state index contributed by atoms with van der Waals surface area (Å²) in [6.07, 6.45) is 0.179. The van der Waals surface area contributed by atoms with Gasteiger partial charge in [-0.15, -0.1) is 0 Å². The SMILES string of the molecule is CC(C)CN(CCC#N)C(=O)NCCC(=O)O. The van der Waals surface area contributed by atoms with Gasteiger partial charge in [0.25, 0.3) is 0 Å². The molecule has 0 aliphatic rings. The summed E-state index contributed by atoms with van der Waals surface area (Å²) in [4.78, 5) is 23.5. The van der Waals surface area contributed by atoms with Gasteiger partial charge in [-0.05, 0) is 5.92 Å². The molecule has 0 radical (unpaired) electrons. The van der Waals surface area contributed by atoms with Crippen molar-refractivity contribution in [3.63, 3.8) is 0 Å². The highest BCUT2D eigenvalue weighted by Crippen LogP contribution is 2.00. The minimum atomic E-state index is -0.947. The maximum Gasteiger partial charge on any atom is 0.317 e. The molecule has 2 amide bonds. The normalized spacial score (nSPS) is 9.76. The lowest BCUT2D eigenvalue weighted by molar-refractivity contribution is -0.136. The molecular formula is C11H19N3O3. The highest BCUT2D eigenvalue weighted by molar-refractivity contribution is 5.75. The zero-order chi connectivity index (χ0) is 13.3. The molecule has 0 fully saturated rings. The molecule has 0 bridgehead atoms. The molecular weight excluding hydrogens is 222 g/mol. The Morgan fingerprint density at radius 1 is 1.47 bits per heavy atom. The lowest BCUT2D eigenvalue weighted by Gasteiger charge is -2.23. The smallest absolute Gasteiger partial charge is 0.317 e. The Kier molecular flexibility index (Phi) is 7.52. The number of nitrogens with one attached hydrogen (secondary N) is 1. The third-order valence-electron chi connectivity index (χ3n) is 1.98. The van der Waals surface area contributed by atoms with E-state index >= 15 is 0 Å². The van der Waals surface area contributed by atoms with Crippen LogP contribution >= 0.6 is 0 Å². The van der Waals surface area contributed by atoms with Gasteiger partial charge in [0.2, 0.25) is 0 Å². The van der Waals surface area contributed by atoms with E-state index < -0.39 is 5.97 Å². The summed E-state index contributed by atoms with van der Waals surface area (Å²) in [5, 5.41) is 19.5. The van der Waals surface area contributed by atoms with E-state index in [4.69, 9.17) is 10.4 Å². The Balaban J connectivity index is 4.12. The van der Waals surface area contributed by atoms with Crippen LogP contribution in [0.4, 0.5) is 4.79 Å². The van der Waals surface area contributed by atoms with Crippen LogP contribution in [0.1, 0.15) is 26.7 Å². The van der Waals surface area contributed by atoms with Crippen molar-refractivity contribution < 1.29 is 14.7 Å². The summed E-state index contributed by atoms with van der Waals surface area (Å²) >= 11 is 0. The minimum absolute atomic E-state index is 0.0977. The fourth-order valence-electron chi connectivity index (χ4n) is 1.29. The van der Waals surface area contributed by atoms with Crippen LogP contribution < -0.4 is 5.32 Å². The van der Waals surface area contributed by atoms with Crippen LogP contribution in [0, 0.1) is 17.2 Å². The van der Waals surface area contributed by atoms with Crippen molar-refractivity contribution in [2.24, 2.45) is 5.92 Å².